The summed E-state index contributed by atoms with van der Waals surface area (Å²) in [6.07, 6.45) is 0. The second kappa shape index (κ2) is 8.26. The first-order chi connectivity index (χ1) is 9.01. The Hall–Kier alpha value is -0.0800. The van der Waals surface area contributed by atoms with Crippen LogP contribution in [0, 0.1) is 0 Å². The lowest BCUT2D eigenvalue weighted by atomic mass is 10.4. The van der Waals surface area contributed by atoms with Gasteiger partial charge in [0.05, 0.1) is 4.90 Å². The molecule has 0 saturated carbocycles. The van der Waals surface area contributed by atoms with E-state index >= 15 is 0 Å². The summed E-state index contributed by atoms with van der Waals surface area (Å²) in [5, 5.41) is 4.99. The molecule has 0 radical (unpaired) electrons. The number of rotatable bonds is 9. The van der Waals surface area contributed by atoms with Crippen molar-refractivity contribution >= 4 is 33.1 Å². The minimum atomic E-state index is -3.40. The average molecular weight is 323 g/mol. The Morgan fingerprint density at radius 1 is 1.42 bits per heavy atom. The van der Waals surface area contributed by atoms with Gasteiger partial charge in [0, 0.05) is 23.2 Å². The molecule has 1 aromatic rings. The highest BCUT2D eigenvalue weighted by Crippen LogP contribution is 2.22. The fourth-order valence-electron chi connectivity index (χ4n) is 1.59. The van der Waals surface area contributed by atoms with Crippen LogP contribution >= 0.6 is 23.1 Å². The van der Waals surface area contributed by atoms with Gasteiger partial charge in [-0.15, -0.1) is 11.3 Å². The van der Waals surface area contributed by atoms with Crippen molar-refractivity contribution < 1.29 is 8.42 Å². The molecule has 1 heterocycles. The van der Waals surface area contributed by atoms with Gasteiger partial charge in [-0.3, -0.25) is 0 Å². The van der Waals surface area contributed by atoms with Gasteiger partial charge < -0.3 is 5.32 Å². The van der Waals surface area contributed by atoms with Crippen LogP contribution in [0.2, 0.25) is 0 Å². The zero-order valence-electron chi connectivity index (χ0n) is 11.6. The van der Waals surface area contributed by atoms with Crippen LogP contribution < -0.4 is 10.0 Å². The molecule has 0 spiro atoms. The highest BCUT2D eigenvalue weighted by atomic mass is 32.2. The molecule has 1 aromatic heterocycles. The molecule has 0 aliphatic heterocycles. The summed E-state index contributed by atoms with van der Waals surface area (Å²) in [6, 6.07) is 1.63. The zero-order valence-corrected chi connectivity index (χ0v) is 14.1. The summed E-state index contributed by atoms with van der Waals surface area (Å²) >= 11 is 3.21. The smallest absolute Gasteiger partial charge is 0.241 e. The summed E-state index contributed by atoms with van der Waals surface area (Å²) in [7, 11) is -3.40. The van der Waals surface area contributed by atoms with E-state index < -0.39 is 10.0 Å². The first-order valence-electron chi connectivity index (χ1n) is 6.38. The predicted molar refractivity (Wildman–Crippen MR) is 84.5 cm³/mol. The van der Waals surface area contributed by atoms with Gasteiger partial charge in [-0.1, -0.05) is 13.8 Å². The van der Waals surface area contributed by atoms with E-state index in [1.54, 1.807) is 17.8 Å². The van der Waals surface area contributed by atoms with Crippen molar-refractivity contribution in [2.24, 2.45) is 0 Å². The number of thiophene rings is 1. The van der Waals surface area contributed by atoms with E-state index in [1.807, 2.05) is 19.2 Å². The predicted octanol–water partition coefficient (Wildman–Crippen LogP) is 2.28. The van der Waals surface area contributed by atoms with Gasteiger partial charge in [-0.25, -0.2) is 13.1 Å². The van der Waals surface area contributed by atoms with Gasteiger partial charge in [0.2, 0.25) is 10.0 Å². The number of sulfonamides is 1. The van der Waals surface area contributed by atoms with Crippen LogP contribution in [0.25, 0.3) is 0 Å². The van der Waals surface area contributed by atoms with Crippen molar-refractivity contribution in [1.29, 1.82) is 0 Å². The molecule has 1 unspecified atom stereocenters. The lowest BCUT2D eigenvalue weighted by molar-refractivity contribution is 0.569. The highest BCUT2D eigenvalue weighted by molar-refractivity contribution is 7.99. The molecule has 0 amide bonds. The second-order valence-corrected chi connectivity index (χ2v) is 8.17. The second-order valence-electron chi connectivity index (χ2n) is 4.17. The molecule has 110 valence electrons. The molecule has 0 saturated heterocycles. The van der Waals surface area contributed by atoms with E-state index in [9.17, 15) is 8.42 Å². The molecule has 0 aromatic carbocycles. The zero-order chi connectivity index (χ0) is 14.3. The monoisotopic (exact) mass is 322 g/mol. The maximum atomic E-state index is 12.3. The van der Waals surface area contributed by atoms with Crippen molar-refractivity contribution in [1.82, 2.24) is 10.0 Å². The standard InChI is InChI=1S/C12H22N2O2S3/c1-4-13-8-11-12(6-7-18-11)19(15,16)14-10(3)9-17-5-2/h6-7,10,13-14H,4-5,8-9H2,1-3H3. The molecule has 1 atom stereocenters. The number of hydrogen-bond acceptors (Lipinski definition) is 5. The number of hydrogen-bond donors (Lipinski definition) is 2. The molecule has 4 nitrogen and oxygen atoms in total. The van der Waals surface area contributed by atoms with Crippen molar-refractivity contribution in [2.45, 2.75) is 38.3 Å². The van der Waals surface area contributed by atoms with Crippen molar-refractivity contribution in [3.8, 4) is 0 Å². The summed E-state index contributed by atoms with van der Waals surface area (Å²) in [5.41, 5.74) is 0. The van der Waals surface area contributed by atoms with Crippen molar-refractivity contribution in [2.75, 3.05) is 18.1 Å². The molecule has 19 heavy (non-hydrogen) atoms. The third kappa shape index (κ3) is 5.43. The SMILES string of the molecule is CCNCc1sccc1S(=O)(=O)NC(C)CSCC. The van der Waals surface area contributed by atoms with Crippen LogP contribution in [0.5, 0.6) is 0 Å². The third-order valence-corrected chi connectivity index (χ3v) is 6.33. The molecule has 7 heteroatoms. The summed E-state index contributed by atoms with van der Waals surface area (Å²) in [6.45, 7) is 7.40. The van der Waals surface area contributed by atoms with Gasteiger partial charge in [-0.05, 0) is 30.7 Å². The highest BCUT2D eigenvalue weighted by Gasteiger charge is 2.21. The largest absolute Gasteiger partial charge is 0.312 e. The molecule has 0 fully saturated rings. The molecule has 0 aliphatic rings. The van der Waals surface area contributed by atoms with Gasteiger partial charge in [0.25, 0.3) is 0 Å². The summed E-state index contributed by atoms with van der Waals surface area (Å²) in [5.74, 6) is 1.79. The Morgan fingerprint density at radius 2 is 2.16 bits per heavy atom. The third-order valence-electron chi connectivity index (χ3n) is 2.46. The van der Waals surface area contributed by atoms with Crippen LogP contribution in [0.15, 0.2) is 16.3 Å². The van der Waals surface area contributed by atoms with Crippen molar-refractivity contribution in [3.63, 3.8) is 0 Å². The van der Waals surface area contributed by atoms with E-state index in [0.717, 1.165) is 22.9 Å². The topological polar surface area (TPSA) is 58.2 Å². The fraction of sp³-hybridized carbons (Fsp3) is 0.667. The average Bonchev–Trinajstić information content (AvgIpc) is 2.82. The van der Waals surface area contributed by atoms with Crippen LogP contribution in [0.3, 0.4) is 0 Å². The van der Waals surface area contributed by atoms with Crippen molar-refractivity contribution in [3.05, 3.63) is 16.3 Å². The summed E-state index contributed by atoms with van der Waals surface area (Å²) < 4.78 is 27.4. The normalized spacial score (nSPS) is 13.6. The van der Waals surface area contributed by atoms with Gasteiger partial charge in [0.1, 0.15) is 0 Å². The molecular weight excluding hydrogens is 300 g/mol. The van der Waals surface area contributed by atoms with Gasteiger partial charge >= 0.3 is 0 Å². The number of nitrogens with one attached hydrogen (secondary N) is 2. The Bertz CT molecular complexity index is 471. The molecule has 0 bridgehead atoms. The van der Waals surface area contributed by atoms with E-state index in [1.165, 1.54) is 11.3 Å². The molecule has 0 aliphatic carbocycles. The van der Waals surface area contributed by atoms with Crippen LogP contribution in [0.1, 0.15) is 25.6 Å². The van der Waals surface area contributed by atoms with Crippen LogP contribution in [-0.2, 0) is 16.6 Å². The van der Waals surface area contributed by atoms with Gasteiger partial charge in [-0.2, -0.15) is 11.8 Å². The Kier molecular flexibility index (Phi) is 7.38. The maximum Gasteiger partial charge on any atom is 0.241 e. The van der Waals surface area contributed by atoms with E-state index in [-0.39, 0.29) is 6.04 Å². The molecular formula is C12H22N2O2S3. The van der Waals surface area contributed by atoms with E-state index in [2.05, 4.69) is 17.0 Å². The maximum absolute atomic E-state index is 12.3. The minimum absolute atomic E-state index is 0.0539. The Morgan fingerprint density at radius 3 is 2.79 bits per heavy atom. The fourth-order valence-corrected chi connectivity index (χ4v) is 5.03. The lowest BCUT2D eigenvalue weighted by Gasteiger charge is -2.14. The van der Waals surface area contributed by atoms with Crippen LogP contribution in [-0.4, -0.2) is 32.5 Å². The van der Waals surface area contributed by atoms with E-state index in [4.69, 9.17) is 0 Å². The summed E-state index contributed by atoms with van der Waals surface area (Å²) in [4.78, 5) is 1.27. The van der Waals surface area contributed by atoms with Gasteiger partial charge in [0.15, 0.2) is 0 Å². The number of thioether (sulfide) groups is 1. The Labute approximate surface area is 124 Å². The molecule has 2 N–H and O–H groups in total. The van der Waals surface area contributed by atoms with Crippen LogP contribution in [0.4, 0.5) is 0 Å². The first kappa shape index (κ1) is 17.0. The lowest BCUT2D eigenvalue weighted by Crippen LogP contribution is -2.34. The van der Waals surface area contributed by atoms with E-state index in [0.29, 0.717) is 11.4 Å². The minimum Gasteiger partial charge on any atom is -0.312 e. The first-order valence-corrected chi connectivity index (χ1v) is 9.90. The Balaban J connectivity index is 2.74. The quantitative estimate of drug-likeness (QED) is 0.732. The molecule has 1 rings (SSSR count).